The van der Waals surface area contributed by atoms with Crippen LogP contribution in [0.3, 0.4) is 0 Å². The van der Waals surface area contributed by atoms with Crippen LogP contribution in [0.1, 0.15) is 65.7 Å². The Labute approximate surface area is 165 Å². The number of nitrogens with two attached hydrogens (primary N) is 1. The molecule has 4 rings (SSSR count). The fourth-order valence-electron chi connectivity index (χ4n) is 5.63. The van der Waals surface area contributed by atoms with Crippen molar-refractivity contribution in [2.75, 3.05) is 6.61 Å². The third kappa shape index (κ3) is 4.26. The van der Waals surface area contributed by atoms with Crippen LogP contribution in [-0.4, -0.2) is 32.8 Å². The van der Waals surface area contributed by atoms with Crippen LogP contribution in [0.2, 0.25) is 18.1 Å². The highest BCUT2D eigenvalue weighted by atomic mass is 28.4. The zero-order valence-electron chi connectivity index (χ0n) is 17.8. The second-order valence-corrected chi connectivity index (χ2v) is 15.8. The lowest BCUT2D eigenvalue weighted by Crippen LogP contribution is -2.57. The summed E-state index contributed by atoms with van der Waals surface area (Å²) < 4.78 is 6.19. The quantitative estimate of drug-likeness (QED) is 0.648. The van der Waals surface area contributed by atoms with Crippen molar-refractivity contribution in [2.45, 2.75) is 89.9 Å². The summed E-state index contributed by atoms with van der Waals surface area (Å²) in [5, 5.41) is 3.14. The van der Waals surface area contributed by atoms with Gasteiger partial charge in [-0.15, -0.1) is 0 Å². The van der Waals surface area contributed by atoms with Gasteiger partial charge in [-0.3, -0.25) is 9.59 Å². The molecular formula is C21H38N2O3Si. The molecule has 4 saturated carbocycles. The Balaban J connectivity index is 1.58. The number of rotatable bonds is 7. The van der Waals surface area contributed by atoms with Gasteiger partial charge in [0.25, 0.3) is 0 Å². The lowest BCUT2D eigenvalue weighted by atomic mass is 9.49. The molecule has 0 radical (unpaired) electrons. The van der Waals surface area contributed by atoms with Crippen molar-refractivity contribution in [1.29, 1.82) is 0 Å². The van der Waals surface area contributed by atoms with Gasteiger partial charge < -0.3 is 15.5 Å². The van der Waals surface area contributed by atoms with E-state index in [-0.39, 0.29) is 16.4 Å². The van der Waals surface area contributed by atoms with Gasteiger partial charge in [-0.05, 0) is 80.8 Å². The van der Waals surface area contributed by atoms with E-state index in [4.69, 9.17) is 10.2 Å². The molecule has 0 unspecified atom stereocenters. The summed E-state index contributed by atoms with van der Waals surface area (Å²) in [5.41, 5.74) is 5.37. The van der Waals surface area contributed by atoms with Crippen LogP contribution in [0.5, 0.6) is 0 Å². The molecule has 0 aromatic rings. The lowest BCUT2D eigenvalue weighted by molar-refractivity contribution is -0.148. The highest BCUT2D eigenvalue weighted by Crippen LogP contribution is 2.60. The summed E-state index contributed by atoms with van der Waals surface area (Å²) in [7, 11) is -1.87. The normalized spacial score (nSPS) is 33.7. The van der Waals surface area contributed by atoms with Gasteiger partial charge in [0, 0.05) is 12.0 Å². The fourth-order valence-corrected chi connectivity index (χ4v) is 6.70. The van der Waals surface area contributed by atoms with E-state index in [0.29, 0.717) is 30.8 Å². The van der Waals surface area contributed by atoms with Gasteiger partial charge in [0.05, 0.1) is 0 Å². The van der Waals surface area contributed by atoms with Gasteiger partial charge in [0.1, 0.15) is 6.04 Å². The molecule has 4 fully saturated rings. The standard InChI is InChI=1S/C21H38N2O3Si/c1-20(2,3)27(4,5)26-7-6-17(18(22)24)23-19(25)21-11-14-8-15(12-21)10-16(9-14)13-21/h14-17H,6-13H2,1-5H3,(H2,22,24)(H,23,25)/t14?,15?,16?,17-,21?/m1/s1. The van der Waals surface area contributed by atoms with Crippen LogP contribution < -0.4 is 11.1 Å². The number of carbonyl (C=O) groups excluding carboxylic acids is 2. The number of amides is 2. The largest absolute Gasteiger partial charge is 0.417 e. The highest BCUT2D eigenvalue weighted by molar-refractivity contribution is 6.74. The van der Waals surface area contributed by atoms with Gasteiger partial charge in [0.2, 0.25) is 11.8 Å². The van der Waals surface area contributed by atoms with E-state index >= 15 is 0 Å². The first-order valence-corrected chi connectivity index (χ1v) is 13.6. The summed E-state index contributed by atoms with van der Waals surface area (Å²) >= 11 is 0. The van der Waals surface area contributed by atoms with Crippen LogP contribution in [0.25, 0.3) is 0 Å². The van der Waals surface area contributed by atoms with Gasteiger partial charge in [0.15, 0.2) is 8.32 Å². The van der Waals surface area contributed by atoms with Gasteiger partial charge in [-0.1, -0.05) is 20.8 Å². The van der Waals surface area contributed by atoms with E-state index in [1.807, 2.05) is 0 Å². The summed E-state index contributed by atoms with van der Waals surface area (Å²) in [6.07, 6.45) is 7.34. The van der Waals surface area contributed by atoms with Gasteiger partial charge in [-0.25, -0.2) is 0 Å². The zero-order valence-corrected chi connectivity index (χ0v) is 18.8. The van der Waals surface area contributed by atoms with Gasteiger partial charge >= 0.3 is 0 Å². The van der Waals surface area contributed by atoms with E-state index in [1.54, 1.807) is 0 Å². The molecule has 0 spiro atoms. The predicted molar refractivity (Wildman–Crippen MR) is 109 cm³/mol. The van der Waals surface area contributed by atoms with Crippen LogP contribution in [0, 0.1) is 23.2 Å². The molecule has 0 heterocycles. The predicted octanol–water partition coefficient (Wildman–Crippen LogP) is 3.58. The molecule has 6 heteroatoms. The SMILES string of the molecule is CC(C)(C)[Si](C)(C)OCC[C@@H](NC(=O)C12CC3CC(CC(C3)C1)C2)C(N)=O. The van der Waals surface area contributed by atoms with E-state index in [2.05, 4.69) is 39.2 Å². The highest BCUT2D eigenvalue weighted by Gasteiger charge is 2.54. The Hall–Kier alpha value is -0.883. The van der Waals surface area contributed by atoms with Crippen molar-refractivity contribution in [1.82, 2.24) is 5.32 Å². The maximum atomic E-state index is 13.2. The molecule has 0 aromatic carbocycles. The van der Waals surface area contributed by atoms with E-state index in [1.165, 1.54) is 19.3 Å². The second kappa shape index (κ2) is 7.18. The van der Waals surface area contributed by atoms with E-state index in [0.717, 1.165) is 19.3 Å². The van der Waals surface area contributed by atoms with Crippen LogP contribution in [0.15, 0.2) is 0 Å². The average Bonchev–Trinajstić information content (AvgIpc) is 2.51. The number of hydrogen-bond acceptors (Lipinski definition) is 3. The maximum Gasteiger partial charge on any atom is 0.240 e. The Morgan fingerprint density at radius 3 is 2.00 bits per heavy atom. The molecule has 0 aliphatic heterocycles. The third-order valence-electron chi connectivity index (χ3n) is 7.84. The summed E-state index contributed by atoms with van der Waals surface area (Å²) in [4.78, 5) is 25.2. The van der Waals surface area contributed by atoms with Crippen molar-refractivity contribution in [3.05, 3.63) is 0 Å². The Morgan fingerprint density at radius 1 is 1.11 bits per heavy atom. The van der Waals surface area contributed by atoms with Crippen molar-refractivity contribution in [2.24, 2.45) is 28.9 Å². The summed E-state index contributed by atoms with van der Waals surface area (Å²) in [5.74, 6) is 1.73. The summed E-state index contributed by atoms with van der Waals surface area (Å²) in [6, 6.07) is -0.629. The van der Waals surface area contributed by atoms with Crippen molar-refractivity contribution in [3.63, 3.8) is 0 Å². The molecule has 0 aromatic heterocycles. The molecule has 1 atom stereocenters. The molecule has 4 aliphatic rings. The average molecular weight is 395 g/mol. The number of carbonyl (C=O) groups is 2. The van der Waals surface area contributed by atoms with Crippen LogP contribution in [0.4, 0.5) is 0 Å². The topological polar surface area (TPSA) is 81.4 Å². The smallest absolute Gasteiger partial charge is 0.240 e. The minimum Gasteiger partial charge on any atom is -0.417 e. The monoisotopic (exact) mass is 394 g/mol. The van der Waals surface area contributed by atoms with Crippen LogP contribution in [-0.2, 0) is 14.0 Å². The molecule has 0 saturated heterocycles. The summed E-state index contributed by atoms with van der Waals surface area (Å²) in [6.45, 7) is 11.4. The molecule has 4 bridgehead atoms. The van der Waals surface area contributed by atoms with Crippen molar-refractivity contribution >= 4 is 20.1 Å². The molecular weight excluding hydrogens is 356 g/mol. The first-order chi connectivity index (χ1) is 12.4. The zero-order chi connectivity index (χ0) is 20.0. The minimum atomic E-state index is -1.87. The lowest BCUT2D eigenvalue weighted by Gasteiger charge is -2.55. The van der Waals surface area contributed by atoms with Crippen molar-refractivity contribution < 1.29 is 14.0 Å². The molecule has 5 nitrogen and oxygen atoms in total. The Bertz CT molecular complexity index is 561. The second-order valence-electron chi connectivity index (χ2n) is 11.0. The third-order valence-corrected chi connectivity index (χ3v) is 12.4. The maximum absolute atomic E-state index is 13.2. The van der Waals surface area contributed by atoms with Gasteiger partial charge in [-0.2, -0.15) is 0 Å². The molecule has 2 amide bonds. The number of primary amides is 1. The first-order valence-electron chi connectivity index (χ1n) is 10.7. The van der Waals surface area contributed by atoms with E-state index < -0.39 is 20.3 Å². The van der Waals surface area contributed by atoms with Crippen LogP contribution >= 0.6 is 0 Å². The molecule has 3 N–H and O–H groups in total. The number of nitrogens with one attached hydrogen (secondary N) is 1. The molecule has 27 heavy (non-hydrogen) atoms. The fraction of sp³-hybridized carbons (Fsp3) is 0.905. The Morgan fingerprint density at radius 2 is 1.59 bits per heavy atom. The number of hydrogen-bond donors (Lipinski definition) is 2. The molecule has 154 valence electrons. The van der Waals surface area contributed by atoms with E-state index in [9.17, 15) is 9.59 Å². The van der Waals surface area contributed by atoms with Crippen molar-refractivity contribution in [3.8, 4) is 0 Å². The first kappa shape index (κ1) is 20.8. The molecule has 4 aliphatic carbocycles. The Kier molecular flexibility index (Phi) is 5.54. The minimum absolute atomic E-state index is 0.0673.